The zero-order valence-electron chi connectivity index (χ0n) is 9.54. The molecule has 0 aromatic carbocycles. The number of piperidine rings is 1. The van der Waals surface area contributed by atoms with E-state index in [-0.39, 0.29) is 12.5 Å². The van der Waals surface area contributed by atoms with Gasteiger partial charge in [-0.1, -0.05) is 0 Å². The molecule has 4 nitrogen and oxygen atoms in total. The molecule has 0 aromatic rings. The molecule has 1 rings (SSSR count). The van der Waals surface area contributed by atoms with Gasteiger partial charge < -0.3 is 15.3 Å². The highest BCUT2D eigenvalue weighted by Gasteiger charge is 2.20. The molecule has 1 heterocycles. The molecule has 0 radical (unpaired) electrons. The Kier molecular flexibility index (Phi) is 5.65. The topological polar surface area (TPSA) is 52.6 Å². The number of rotatable bonds is 5. The third-order valence-electron chi connectivity index (χ3n) is 3.05. The maximum atomic E-state index is 11.7. The van der Waals surface area contributed by atoms with Crippen LogP contribution in [0, 0.1) is 0 Å². The van der Waals surface area contributed by atoms with Gasteiger partial charge in [0.2, 0.25) is 5.91 Å². The predicted octanol–water partition coefficient (Wildman–Crippen LogP) is 0.359. The summed E-state index contributed by atoms with van der Waals surface area (Å²) < 4.78 is 0. The Bertz CT molecular complexity index is 191. The molecule has 4 heteroatoms. The van der Waals surface area contributed by atoms with Crippen LogP contribution >= 0.6 is 0 Å². The summed E-state index contributed by atoms with van der Waals surface area (Å²) in [5.74, 6) is 0.218. The highest BCUT2D eigenvalue weighted by Crippen LogP contribution is 2.11. The molecule has 1 saturated heterocycles. The summed E-state index contributed by atoms with van der Waals surface area (Å²) in [5, 5.41) is 11.9. The highest BCUT2D eigenvalue weighted by atomic mass is 16.3. The van der Waals surface area contributed by atoms with E-state index in [1.165, 1.54) is 0 Å². The molecule has 0 unspecified atom stereocenters. The van der Waals surface area contributed by atoms with E-state index in [4.69, 9.17) is 5.11 Å². The van der Waals surface area contributed by atoms with Crippen LogP contribution < -0.4 is 5.32 Å². The summed E-state index contributed by atoms with van der Waals surface area (Å²) in [7, 11) is 1.90. The molecule has 88 valence electrons. The van der Waals surface area contributed by atoms with Crippen molar-refractivity contribution in [3.63, 3.8) is 0 Å². The Balaban J connectivity index is 2.24. The lowest BCUT2D eigenvalue weighted by Gasteiger charge is -2.31. The number of nitrogens with one attached hydrogen (secondary N) is 1. The maximum absolute atomic E-state index is 11.7. The molecule has 1 fully saturated rings. The van der Waals surface area contributed by atoms with Gasteiger partial charge in [-0.05, 0) is 38.8 Å². The second-order valence-corrected chi connectivity index (χ2v) is 4.17. The zero-order valence-corrected chi connectivity index (χ0v) is 9.54. The number of aliphatic hydroxyl groups excluding tert-OH is 1. The lowest BCUT2D eigenvalue weighted by Crippen LogP contribution is -2.43. The highest BCUT2D eigenvalue weighted by molar-refractivity contribution is 5.76. The zero-order chi connectivity index (χ0) is 11.1. The second kappa shape index (κ2) is 6.80. The molecule has 0 saturated carbocycles. The van der Waals surface area contributed by atoms with E-state index >= 15 is 0 Å². The predicted molar refractivity (Wildman–Crippen MR) is 59.6 cm³/mol. The van der Waals surface area contributed by atoms with Crippen LogP contribution in [0.1, 0.15) is 32.1 Å². The summed E-state index contributed by atoms with van der Waals surface area (Å²) in [4.78, 5) is 13.6. The van der Waals surface area contributed by atoms with Crippen molar-refractivity contribution < 1.29 is 9.90 Å². The summed E-state index contributed by atoms with van der Waals surface area (Å²) in [6, 6.07) is 0.410. The van der Waals surface area contributed by atoms with Crippen molar-refractivity contribution in [1.82, 2.24) is 10.2 Å². The van der Waals surface area contributed by atoms with Gasteiger partial charge in [-0.2, -0.15) is 0 Å². The first-order valence-corrected chi connectivity index (χ1v) is 5.83. The number of hydrogen-bond acceptors (Lipinski definition) is 3. The van der Waals surface area contributed by atoms with Crippen LogP contribution in [-0.4, -0.2) is 48.7 Å². The Morgan fingerprint density at radius 2 is 2.07 bits per heavy atom. The molecule has 0 atom stereocenters. The fraction of sp³-hybridized carbons (Fsp3) is 0.909. The molecule has 2 N–H and O–H groups in total. The van der Waals surface area contributed by atoms with E-state index in [0.717, 1.165) is 38.8 Å². The maximum Gasteiger partial charge on any atom is 0.222 e. The van der Waals surface area contributed by atoms with Crippen molar-refractivity contribution in [2.75, 3.05) is 26.7 Å². The van der Waals surface area contributed by atoms with Crippen molar-refractivity contribution in [2.45, 2.75) is 38.1 Å². The van der Waals surface area contributed by atoms with E-state index in [0.29, 0.717) is 12.5 Å². The number of aliphatic hydroxyl groups is 1. The van der Waals surface area contributed by atoms with Crippen LogP contribution in [0.4, 0.5) is 0 Å². The van der Waals surface area contributed by atoms with Gasteiger partial charge in [0.25, 0.3) is 0 Å². The first-order chi connectivity index (χ1) is 7.25. The number of amides is 1. The Morgan fingerprint density at radius 3 is 2.67 bits per heavy atom. The SMILES string of the molecule is CN(C(=O)CCCCO)C1CCNCC1. The molecule has 1 amide bonds. The molecule has 0 aliphatic carbocycles. The summed E-state index contributed by atoms with van der Waals surface area (Å²) in [5.41, 5.74) is 0. The number of unbranched alkanes of at least 4 members (excludes halogenated alkanes) is 1. The van der Waals surface area contributed by atoms with Gasteiger partial charge in [-0.25, -0.2) is 0 Å². The number of hydrogen-bond donors (Lipinski definition) is 2. The molecule has 1 aliphatic rings. The van der Waals surface area contributed by atoms with E-state index in [9.17, 15) is 4.79 Å². The molecule has 0 bridgehead atoms. The van der Waals surface area contributed by atoms with Gasteiger partial charge in [-0.15, -0.1) is 0 Å². The summed E-state index contributed by atoms with van der Waals surface area (Å²) in [6.45, 7) is 2.21. The van der Waals surface area contributed by atoms with E-state index in [1.807, 2.05) is 11.9 Å². The molecule has 0 aromatic heterocycles. The third-order valence-corrected chi connectivity index (χ3v) is 3.05. The van der Waals surface area contributed by atoms with Crippen molar-refractivity contribution in [2.24, 2.45) is 0 Å². The Hall–Kier alpha value is -0.610. The molecular weight excluding hydrogens is 192 g/mol. The monoisotopic (exact) mass is 214 g/mol. The fourth-order valence-electron chi connectivity index (χ4n) is 1.96. The van der Waals surface area contributed by atoms with Crippen LogP contribution in [-0.2, 0) is 4.79 Å². The minimum Gasteiger partial charge on any atom is -0.396 e. The van der Waals surface area contributed by atoms with Crippen LogP contribution in [0.25, 0.3) is 0 Å². The molecular formula is C11H22N2O2. The standard InChI is InChI=1S/C11H22N2O2/c1-13(10-5-7-12-8-6-10)11(15)4-2-3-9-14/h10,12,14H,2-9H2,1H3. The van der Waals surface area contributed by atoms with Crippen LogP contribution in [0.15, 0.2) is 0 Å². The number of carbonyl (C=O) groups is 1. The molecule has 0 spiro atoms. The van der Waals surface area contributed by atoms with Crippen LogP contribution in [0.2, 0.25) is 0 Å². The lowest BCUT2D eigenvalue weighted by atomic mass is 10.0. The first-order valence-electron chi connectivity index (χ1n) is 5.83. The minimum atomic E-state index is 0.185. The minimum absolute atomic E-state index is 0.185. The average Bonchev–Trinajstić information content (AvgIpc) is 2.29. The van der Waals surface area contributed by atoms with Crippen molar-refractivity contribution in [3.05, 3.63) is 0 Å². The quantitative estimate of drug-likeness (QED) is 0.650. The van der Waals surface area contributed by atoms with Gasteiger partial charge in [0.05, 0.1) is 0 Å². The smallest absolute Gasteiger partial charge is 0.222 e. The van der Waals surface area contributed by atoms with Crippen LogP contribution in [0.5, 0.6) is 0 Å². The van der Waals surface area contributed by atoms with Gasteiger partial charge >= 0.3 is 0 Å². The third kappa shape index (κ3) is 4.18. The molecule has 15 heavy (non-hydrogen) atoms. The number of carbonyl (C=O) groups excluding carboxylic acids is 1. The summed E-state index contributed by atoms with van der Waals surface area (Å²) in [6.07, 6.45) is 4.21. The van der Waals surface area contributed by atoms with Gasteiger partial charge in [0.1, 0.15) is 0 Å². The largest absolute Gasteiger partial charge is 0.396 e. The van der Waals surface area contributed by atoms with Crippen molar-refractivity contribution in [1.29, 1.82) is 0 Å². The Morgan fingerprint density at radius 1 is 1.40 bits per heavy atom. The van der Waals surface area contributed by atoms with E-state index in [2.05, 4.69) is 5.32 Å². The van der Waals surface area contributed by atoms with Gasteiger partial charge in [0.15, 0.2) is 0 Å². The Labute approximate surface area is 91.6 Å². The van der Waals surface area contributed by atoms with Gasteiger partial charge in [-0.3, -0.25) is 4.79 Å². The van der Waals surface area contributed by atoms with Crippen LogP contribution in [0.3, 0.4) is 0 Å². The fourth-order valence-corrected chi connectivity index (χ4v) is 1.96. The van der Waals surface area contributed by atoms with Crippen molar-refractivity contribution in [3.8, 4) is 0 Å². The molecule has 1 aliphatic heterocycles. The number of nitrogens with zero attached hydrogens (tertiary/aromatic N) is 1. The average molecular weight is 214 g/mol. The lowest BCUT2D eigenvalue weighted by molar-refractivity contribution is -0.132. The van der Waals surface area contributed by atoms with E-state index in [1.54, 1.807) is 0 Å². The van der Waals surface area contributed by atoms with E-state index < -0.39 is 0 Å². The second-order valence-electron chi connectivity index (χ2n) is 4.17. The normalized spacial score (nSPS) is 17.7. The first kappa shape index (κ1) is 12.5. The van der Waals surface area contributed by atoms with Crippen molar-refractivity contribution >= 4 is 5.91 Å². The van der Waals surface area contributed by atoms with Gasteiger partial charge in [0, 0.05) is 26.1 Å². The summed E-state index contributed by atoms with van der Waals surface area (Å²) >= 11 is 0.